The summed E-state index contributed by atoms with van der Waals surface area (Å²) in [5.41, 5.74) is 7.04. The van der Waals surface area contributed by atoms with Crippen molar-refractivity contribution in [3.05, 3.63) is 29.8 Å². The molecule has 1 aliphatic heterocycles. The summed E-state index contributed by atoms with van der Waals surface area (Å²) in [5.74, 6) is 0.0506. The Kier molecular flexibility index (Phi) is 4.67. The molecule has 1 fully saturated rings. The highest BCUT2D eigenvalue weighted by atomic mass is 32.2. The molecule has 0 amide bonds. The number of piperazine rings is 1. The van der Waals surface area contributed by atoms with E-state index >= 15 is 0 Å². The van der Waals surface area contributed by atoms with Gasteiger partial charge in [0.15, 0.2) is 0 Å². The molecule has 0 bridgehead atoms. The van der Waals surface area contributed by atoms with Crippen molar-refractivity contribution in [1.82, 2.24) is 9.21 Å². The molecular formula is C14H23N3O2S. The Labute approximate surface area is 121 Å². The Morgan fingerprint density at radius 1 is 1.10 bits per heavy atom. The van der Waals surface area contributed by atoms with Crippen molar-refractivity contribution < 1.29 is 8.42 Å². The first kappa shape index (κ1) is 15.3. The average Bonchev–Trinajstić information content (AvgIpc) is 2.41. The van der Waals surface area contributed by atoms with Gasteiger partial charge in [-0.25, -0.2) is 8.42 Å². The van der Waals surface area contributed by atoms with Crippen molar-refractivity contribution in [2.45, 2.75) is 25.6 Å². The van der Waals surface area contributed by atoms with Gasteiger partial charge in [0.25, 0.3) is 0 Å². The lowest BCUT2D eigenvalue weighted by Gasteiger charge is -2.36. The Morgan fingerprint density at radius 2 is 1.65 bits per heavy atom. The maximum Gasteiger partial charge on any atom is 0.218 e. The molecule has 0 radical (unpaired) electrons. The van der Waals surface area contributed by atoms with Gasteiger partial charge in [-0.1, -0.05) is 12.1 Å². The molecule has 1 aromatic carbocycles. The second kappa shape index (κ2) is 6.11. The van der Waals surface area contributed by atoms with Gasteiger partial charge < -0.3 is 5.73 Å². The predicted molar refractivity (Wildman–Crippen MR) is 81.8 cm³/mol. The van der Waals surface area contributed by atoms with Crippen LogP contribution in [0, 0.1) is 0 Å². The standard InChI is InChI=1S/C14H23N3O2S/c1-12(2)16-7-9-17(10-8-16)20(18,19)11-13-3-5-14(15)6-4-13/h3-6,12H,7-11,15H2,1-2H3. The Balaban J connectivity index is 1.99. The number of anilines is 1. The van der Waals surface area contributed by atoms with E-state index in [2.05, 4.69) is 18.7 Å². The van der Waals surface area contributed by atoms with Gasteiger partial charge in [-0.3, -0.25) is 4.90 Å². The summed E-state index contributed by atoms with van der Waals surface area (Å²) in [6, 6.07) is 7.49. The highest BCUT2D eigenvalue weighted by Crippen LogP contribution is 2.15. The Hall–Kier alpha value is -1.11. The fourth-order valence-corrected chi connectivity index (χ4v) is 3.93. The minimum absolute atomic E-state index is 0.0506. The van der Waals surface area contributed by atoms with Crippen molar-refractivity contribution in [3.63, 3.8) is 0 Å². The van der Waals surface area contributed by atoms with Crippen molar-refractivity contribution in [2.75, 3.05) is 31.9 Å². The first-order valence-electron chi connectivity index (χ1n) is 6.95. The lowest BCUT2D eigenvalue weighted by atomic mass is 10.2. The topological polar surface area (TPSA) is 66.6 Å². The predicted octanol–water partition coefficient (Wildman–Crippen LogP) is 1.12. The minimum Gasteiger partial charge on any atom is -0.399 e. The third-order valence-electron chi connectivity index (χ3n) is 3.73. The third-order valence-corrected chi connectivity index (χ3v) is 5.58. The number of benzene rings is 1. The molecule has 0 aliphatic carbocycles. The molecule has 5 nitrogen and oxygen atoms in total. The Bertz CT molecular complexity index is 532. The van der Waals surface area contributed by atoms with Gasteiger partial charge in [0.1, 0.15) is 0 Å². The van der Waals surface area contributed by atoms with E-state index in [9.17, 15) is 8.42 Å². The van der Waals surface area contributed by atoms with E-state index in [0.717, 1.165) is 18.7 Å². The number of nitrogens with two attached hydrogens (primary N) is 1. The van der Waals surface area contributed by atoms with E-state index in [-0.39, 0.29) is 5.75 Å². The van der Waals surface area contributed by atoms with Crippen molar-refractivity contribution >= 4 is 15.7 Å². The summed E-state index contributed by atoms with van der Waals surface area (Å²) in [6.45, 7) is 7.04. The van der Waals surface area contributed by atoms with Gasteiger partial charge in [-0.05, 0) is 31.5 Å². The largest absolute Gasteiger partial charge is 0.399 e. The number of hydrogen-bond donors (Lipinski definition) is 1. The molecular weight excluding hydrogens is 274 g/mol. The maximum atomic E-state index is 12.4. The fourth-order valence-electron chi connectivity index (χ4n) is 2.41. The number of nitrogen functional groups attached to an aromatic ring is 1. The monoisotopic (exact) mass is 297 g/mol. The van der Waals surface area contributed by atoms with Gasteiger partial charge in [0, 0.05) is 37.9 Å². The highest BCUT2D eigenvalue weighted by Gasteiger charge is 2.27. The molecule has 0 aromatic heterocycles. The van der Waals surface area contributed by atoms with Crippen molar-refractivity contribution in [1.29, 1.82) is 0 Å². The summed E-state index contributed by atoms with van der Waals surface area (Å²) in [4.78, 5) is 2.30. The van der Waals surface area contributed by atoms with Crippen LogP contribution in [0.2, 0.25) is 0 Å². The molecule has 2 N–H and O–H groups in total. The molecule has 0 unspecified atom stereocenters. The SMILES string of the molecule is CC(C)N1CCN(S(=O)(=O)Cc2ccc(N)cc2)CC1. The quantitative estimate of drug-likeness (QED) is 0.846. The average molecular weight is 297 g/mol. The molecule has 1 heterocycles. The summed E-state index contributed by atoms with van der Waals surface area (Å²) >= 11 is 0. The van der Waals surface area contributed by atoms with Crippen molar-refractivity contribution in [2.24, 2.45) is 0 Å². The van der Waals surface area contributed by atoms with E-state index in [1.165, 1.54) is 0 Å². The van der Waals surface area contributed by atoms with E-state index in [0.29, 0.717) is 24.8 Å². The van der Waals surface area contributed by atoms with Crippen LogP contribution in [0.25, 0.3) is 0 Å². The zero-order valence-electron chi connectivity index (χ0n) is 12.1. The summed E-state index contributed by atoms with van der Waals surface area (Å²) in [6.07, 6.45) is 0. The van der Waals surface area contributed by atoms with Gasteiger partial charge in [-0.2, -0.15) is 4.31 Å². The molecule has 1 aliphatic rings. The lowest BCUT2D eigenvalue weighted by molar-refractivity contribution is 0.154. The molecule has 1 saturated heterocycles. The van der Waals surface area contributed by atoms with Crippen LogP contribution in [0.3, 0.4) is 0 Å². The van der Waals surface area contributed by atoms with Gasteiger partial charge >= 0.3 is 0 Å². The molecule has 0 saturated carbocycles. The molecule has 2 rings (SSSR count). The van der Waals surface area contributed by atoms with Crippen LogP contribution in [-0.2, 0) is 15.8 Å². The van der Waals surface area contributed by atoms with Crippen LogP contribution in [0.4, 0.5) is 5.69 Å². The van der Waals surface area contributed by atoms with Crippen LogP contribution in [0.15, 0.2) is 24.3 Å². The zero-order valence-corrected chi connectivity index (χ0v) is 12.9. The van der Waals surface area contributed by atoms with E-state index in [1.807, 2.05) is 0 Å². The van der Waals surface area contributed by atoms with Crippen LogP contribution in [-0.4, -0.2) is 49.8 Å². The number of hydrogen-bond acceptors (Lipinski definition) is 4. The maximum absolute atomic E-state index is 12.4. The Morgan fingerprint density at radius 3 is 2.15 bits per heavy atom. The van der Waals surface area contributed by atoms with Crippen LogP contribution >= 0.6 is 0 Å². The van der Waals surface area contributed by atoms with Crippen LogP contribution in [0.1, 0.15) is 19.4 Å². The van der Waals surface area contributed by atoms with Gasteiger partial charge in [-0.15, -0.1) is 0 Å². The second-order valence-electron chi connectivity index (χ2n) is 5.53. The summed E-state index contributed by atoms with van der Waals surface area (Å²) in [5, 5.41) is 0. The number of sulfonamides is 1. The first-order chi connectivity index (χ1) is 9.38. The smallest absolute Gasteiger partial charge is 0.218 e. The lowest BCUT2D eigenvalue weighted by Crippen LogP contribution is -2.50. The zero-order chi connectivity index (χ0) is 14.8. The third kappa shape index (κ3) is 3.71. The van der Waals surface area contributed by atoms with E-state index in [1.54, 1.807) is 28.6 Å². The molecule has 0 atom stereocenters. The summed E-state index contributed by atoms with van der Waals surface area (Å²) in [7, 11) is -3.23. The van der Waals surface area contributed by atoms with Gasteiger partial charge in [0.2, 0.25) is 10.0 Å². The molecule has 20 heavy (non-hydrogen) atoms. The normalized spacial score (nSPS) is 18.6. The second-order valence-corrected chi connectivity index (χ2v) is 7.50. The van der Waals surface area contributed by atoms with Crippen LogP contribution < -0.4 is 5.73 Å². The minimum atomic E-state index is -3.23. The van der Waals surface area contributed by atoms with Crippen molar-refractivity contribution in [3.8, 4) is 0 Å². The van der Waals surface area contributed by atoms with Gasteiger partial charge in [0.05, 0.1) is 5.75 Å². The molecule has 0 spiro atoms. The number of rotatable bonds is 4. The summed E-state index contributed by atoms with van der Waals surface area (Å²) < 4.78 is 26.4. The molecule has 1 aromatic rings. The fraction of sp³-hybridized carbons (Fsp3) is 0.571. The molecule has 6 heteroatoms. The van der Waals surface area contributed by atoms with E-state index < -0.39 is 10.0 Å². The number of nitrogens with zero attached hydrogens (tertiary/aromatic N) is 2. The van der Waals surface area contributed by atoms with Crippen LogP contribution in [0.5, 0.6) is 0 Å². The molecule has 112 valence electrons. The van der Waals surface area contributed by atoms with E-state index in [4.69, 9.17) is 5.73 Å². The highest BCUT2D eigenvalue weighted by molar-refractivity contribution is 7.88. The first-order valence-corrected chi connectivity index (χ1v) is 8.56.